The van der Waals surface area contributed by atoms with Gasteiger partial charge < -0.3 is 15.0 Å². The highest BCUT2D eigenvalue weighted by Crippen LogP contribution is 2.21. The Labute approximate surface area is 122 Å². The minimum absolute atomic E-state index is 0.000552. The Morgan fingerprint density at radius 2 is 2.25 bits per heavy atom. The summed E-state index contributed by atoms with van der Waals surface area (Å²) in [6.45, 7) is 3.58. The summed E-state index contributed by atoms with van der Waals surface area (Å²) in [6, 6.07) is 6.97. The van der Waals surface area contributed by atoms with Gasteiger partial charge in [0.1, 0.15) is 6.10 Å². The zero-order valence-corrected chi connectivity index (χ0v) is 12.0. The number of para-hydroxylation sites is 1. The Morgan fingerprint density at radius 3 is 2.95 bits per heavy atom. The van der Waals surface area contributed by atoms with E-state index in [-0.39, 0.29) is 18.2 Å². The molecule has 1 aromatic rings. The fourth-order valence-corrected chi connectivity index (χ4v) is 2.27. The summed E-state index contributed by atoms with van der Waals surface area (Å²) in [7, 11) is 0. The molecule has 1 atom stereocenters. The highest BCUT2D eigenvalue weighted by atomic mass is 35.5. The van der Waals surface area contributed by atoms with Crippen molar-refractivity contribution in [3.05, 3.63) is 29.3 Å². The molecule has 2 rings (SSSR count). The summed E-state index contributed by atoms with van der Waals surface area (Å²) in [5, 5.41) is 3.15. The zero-order chi connectivity index (χ0) is 14.5. The van der Waals surface area contributed by atoms with Crippen LogP contribution in [0.4, 0.5) is 5.69 Å². The summed E-state index contributed by atoms with van der Waals surface area (Å²) < 4.78 is 5.38. The second-order valence-corrected chi connectivity index (χ2v) is 4.92. The number of anilines is 1. The number of morpholine rings is 1. The first-order chi connectivity index (χ1) is 9.61. The molecule has 1 aromatic carbocycles. The monoisotopic (exact) mass is 296 g/mol. The van der Waals surface area contributed by atoms with Gasteiger partial charge in [0, 0.05) is 13.1 Å². The number of nitrogens with zero attached hydrogens (tertiary/aromatic N) is 1. The largest absolute Gasteiger partial charge is 0.366 e. The number of likely N-dealkylation sites (N-methyl/N-ethyl adjacent to an activating group) is 1. The van der Waals surface area contributed by atoms with E-state index in [1.165, 1.54) is 0 Å². The number of nitrogens with one attached hydrogen (secondary N) is 1. The van der Waals surface area contributed by atoms with E-state index in [1.54, 1.807) is 29.2 Å². The van der Waals surface area contributed by atoms with E-state index in [1.807, 2.05) is 6.92 Å². The van der Waals surface area contributed by atoms with E-state index in [4.69, 9.17) is 16.3 Å². The van der Waals surface area contributed by atoms with Crippen LogP contribution in [0.25, 0.3) is 0 Å². The molecule has 0 spiro atoms. The van der Waals surface area contributed by atoms with Crippen molar-refractivity contribution in [2.45, 2.75) is 19.4 Å². The molecule has 1 heterocycles. The van der Waals surface area contributed by atoms with Crippen LogP contribution in [0.15, 0.2) is 24.3 Å². The normalized spacial score (nSPS) is 19.0. The van der Waals surface area contributed by atoms with Crippen LogP contribution in [0.5, 0.6) is 0 Å². The average molecular weight is 297 g/mol. The Hall–Kier alpha value is -1.59. The van der Waals surface area contributed by atoms with Crippen molar-refractivity contribution in [3.63, 3.8) is 0 Å². The zero-order valence-electron chi connectivity index (χ0n) is 11.3. The number of amides is 2. The summed E-state index contributed by atoms with van der Waals surface area (Å²) in [5.41, 5.74) is 0.537. The molecule has 5 nitrogen and oxygen atoms in total. The van der Waals surface area contributed by atoms with E-state index in [0.29, 0.717) is 30.4 Å². The van der Waals surface area contributed by atoms with Gasteiger partial charge in [0.2, 0.25) is 5.91 Å². The van der Waals surface area contributed by atoms with Gasteiger partial charge in [-0.05, 0) is 19.1 Å². The van der Waals surface area contributed by atoms with Crippen molar-refractivity contribution in [1.29, 1.82) is 0 Å². The van der Waals surface area contributed by atoms with Crippen molar-refractivity contribution < 1.29 is 14.3 Å². The second-order valence-electron chi connectivity index (χ2n) is 4.51. The van der Waals surface area contributed by atoms with Gasteiger partial charge in [0.15, 0.2) is 0 Å². The molecule has 108 valence electrons. The lowest BCUT2D eigenvalue weighted by Gasteiger charge is -2.31. The van der Waals surface area contributed by atoms with Crippen LogP contribution < -0.4 is 5.32 Å². The molecule has 1 saturated heterocycles. The molecule has 20 heavy (non-hydrogen) atoms. The maximum atomic E-state index is 12.0. The van der Waals surface area contributed by atoms with Crippen molar-refractivity contribution in [2.75, 3.05) is 25.0 Å². The third kappa shape index (κ3) is 3.49. The third-order valence-corrected chi connectivity index (χ3v) is 3.50. The average Bonchev–Trinajstić information content (AvgIpc) is 2.44. The summed E-state index contributed by atoms with van der Waals surface area (Å²) in [4.78, 5) is 25.7. The minimum atomic E-state index is -0.703. The predicted molar refractivity (Wildman–Crippen MR) is 76.7 cm³/mol. The number of halogens is 1. The van der Waals surface area contributed by atoms with Crippen molar-refractivity contribution >= 4 is 29.1 Å². The van der Waals surface area contributed by atoms with Crippen molar-refractivity contribution in [1.82, 2.24) is 4.90 Å². The molecule has 0 unspecified atom stereocenters. The smallest absolute Gasteiger partial charge is 0.252 e. The van der Waals surface area contributed by atoms with Crippen molar-refractivity contribution in [3.8, 4) is 0 Å². The molecule has 1 aliphatic rings. The van der Waals surface area contributed by atoms with E-state index < -0.39 is 6.10 Å². The molecule has 0 aliphatic carbocycles. The SMILES string of the molecule is CCN1CCO[C@H](CC(=O)Nc2ccccc2Cl)C1=O. The summed E-state index contributed by atoms with van der Waals surface area (Å²) >= 11 is 5.96. The molecule has 0 aromatic heterocycles. The summed E-state index contributed by atoms with van der Waals surface area (Å²) in [5.74, 6) is -0.414. The van der Waals surface area contributed by atoms with E-state index in [2.05, 4.69) is 5.32 Å². The standard InChI is InChI=1S/C14H17ClN2O3/c1-2-17-7-8-20-12(14(17)19)9-13(18)16-11-6-4-3-5-10(11)15/h3-6,12H,2,7-9H2,1H3,(H,16,18)/t12-/m1/s1. The van der Waals surface area contributed by atoms with Gasteiger partial charge in [-0.25, -0.2) is 0 Å². The van der Waals surface area contributed by atoms with E-state index in [9.17, 15) is 9.59 Å². The Balaban J connectivity index is 1.94. The molecule has 0 radical (unpaired) electrons. The highest BCUT2D eigenvalue weighted by Gasteiger charge is 2.30. The quantitative estimate of drug-likeness (QED) is 0.923. The molecule has 1 N–H and O–H groups in total. The molecule has 1 aliphatic heterocycles. The van der Waals surface area contributed by atoms with Gasteiger partial charge in [-0.2, -0.15) is 0 Å². The number of carbonyl (C=O) groups is 2. The first-order valence-electron chi connectivity index (χ1n) is 6.56. The molecule has 0 saturated carbocycles. The number of benzene rings is 1. The lowest BCUT2D eigenvalue weighted by atomic mass is 10.1. The Morgan fingerprint density at radius 1 is 1.50 bits per heavy atom. The van der Waals surface area contributed by atoms with Gasteiger partial charge in [0.25, 0.3) is 5.91 Å². The number of carbonyl (C=O) groups excluding carboxylic acids is 2. The number of hydrogen-bond acceptors (Lipinski definition) is 3. The lowest BCUT2D eigenvalue weighted by Crippen LogP contribution is -2.48. The topological polar surface area (TPSA) is 58.6 Å². The first-order valence-corrected chi connectivity index (χ1v) is 6.94. The molecule has 1 fully saturated rings. The summed E-state index contributed by atoms with van der Waals surface area (Å²) in [6.07, 6.45) is -0.702. The van der Waals surface area contributed by atoms with Crippen molar-refractivity contribution in [2.24, 2.45) is 0 Å². The Bertz CT molecular complexity index is 507. The van der Waals surface area contributed by atoms with Crippen LogP contribution in [0.3, 0.4) is 0 Å². The highest BCUT2D eigenvalue weighted by molar-refractivity contribution is 6.33. The Kier molecular flexibility index (Phi) is 4.98. The third-order valence-electron chi connectivity index (χ3n) is 3.17. The fraction of sp³-hybridized carbons (Fsp3) is 0.429. The first kappa shape index (κ1) is 14.8. The maximum absolute atomic E-state index is 12.0. The molecule has 6 heteroatoms. The number of rotatable bonds is 4. The van der Waals surface area contributed by atoms with Crippen LogP contribution in [-0.2, 0) is 14.3 Å². The van der Waals surface area contributed by atoms with Gasteiger partial charge in [-0.15, -0.1) is 0 Å². The van der Waals surface area contributed by atoms with E-state index in [0.717, 1.165) is 0 Å². The number of ether oxygens (including phenoxy) is 1. The van der Waals surface area contributed by atoms with Gasteiger partial charge in [-0.1, -0.05) is 23.7 Å². The van der Waals surface area contributed by atoms with Gasteiger partial charge in [-0.3, -0.25) is 9.59 Å². The van der Waals surface area contributed by atoms with Crippen LogP contribution in [0.1, 0.15) is 13.3 Å². The predicted octanol–water partition coefficient (Wildman–Crippen LogP) is 1.92. The fourth-order valence-electron chi connectivity index (χ4n) is 2.08. The minimum Gasteiger partial charge on any atom is -0.366 e. The van der Waals surface area contributed by atoms with Crippen LogP contribution in [0, 0.1) is 0 Å². The van der Waals surface area contributed by atoms with Crippen LogP contribution in [-0.4, -0.2) is 42.5 Å². The number of hydrogen-bond donors (Lipinski definition) is 1. The second kappa shape index (κ2) is 6.72. The van der Waals surface area contributed by atoms with E-state index >= 15 is 0 Å². The van der Waals surface area contributed by atoms with Crippen LogP contribution >= 0.6 is 11.6 Å². The molecular formula is C14H17ClN2O3. The molecule has 2 amide bonds. The molecule has 0 bridgehead atoms. The van der Waals surface area contributed by atoms with Gasteiger partial charge >= 0.3 is 0 Å². The van der Waals surface area contributed by atoms with Gasteiger partial charge in [0.05, 0.1) is 23.7 Å². The van der Waals surface area contributed by atoms with Crippen LogP contribution in [0.2, 0.25) is 5.02 Å². The molecular weight excluding hydrogens is 280 g/mol. The maximum Gasteiger partial charge on any atom is 0.252 e. The lowest BCUT2D eigenvalue weighted by molar-refractivity contribution is -0.154.